The summed E-state index contributed by atoms with van der Waals surface area (Å²) in [5.74, 6) is -9.19. The van der Waals surface area contributed by atoms with Crippen LogP contribution in [0.2, 0.25) is 10.0 Å². The smallest absolute Gasteiger partial charge is 0.326 e. The van der Waals surface area contributed by atoms with E-state index in [2.05, 4.69) is 5.32 Å². The first-order chi connectivity index (χ1) is 16.0. The van der Waals surface area contributed by atoms with Crippen LogP contribution in [0, 0.1) is 18.7 Å². The van der Waals surface area contributed by atoms with Gasteiger partial charge in [-0.2, -0.15) is 22.0 Å². The predicted molar refractivity (Wildman–Crippen MR) is 121 cm³/mol. The Hall–Kier alpha value is -1.68. The fourth-order valence-corrected chi connectivity index (χ4v) is 4.82. The number of hydrogen-bond acceptors (Lipinski definition) is 2. The van der Waals surface area contributed by atoms with Crippen molar-refractivity contribution < 1.29 is 35.9 Å². The molecule has 35 heavy (non-hydrogen) atoms. The van der Waals surface area contributed by atoms with Gasteiger partial charge in [0.1, 0.15) is 10.2 Å². The van der Waals surface area contributed by atoms with Crippen LogP contribution in [0.1, 0.15) is 40.2 Å². The van der Waals surface area contributed by atoms with Gasteiger partial charge in [-0.15, -0.1) is 23.2 Å². The highest BCUT2D eigenvalue weighted by atomic mass is 35.5. The van der Waals surface area contributed by atoms with Crippen molar-refractivity contribution in [2.75, 3.05) is 5.32 Å². The van der Waals surface area contributed by atoms with Crippen LogP contribution in [0.3, 0.4) is 0 Å². The minimum Gasteiger partial charge on any atom is -0.326 e. The molecular formula is C22H15Cl4F6NO2. The standard InChI is InChI=1S/C22H15Cl4F6NO2/c1-9-6-11(8-12(18(9)24)15(34)4-5-20(28,29)22(30,31)32)33-19(35)17-16(21(17,25)26)10-2-3-14(27)13(23)7-10/h2-3,6-8,16-17H,4-5H2,1H3,(H,33,35). The van der Waals surface area contributed by atoms with Gasteiger partial charge in [0.2, 0.25) is 5.91 Å². The molecule has 1 aliphatic rings. The van der Waals surface area contributed by atoms with E-state index in [1.807, 2.05) is 0 Å². The second-order valence-corrected chi connectivity index (χ2v) is 10.3. The highest BCUT2D eigenvalue weighted by Crippen LogP contribution is 2.65. The molecule has 0 spiro atoms. The predicted octanol–water partition coefficient (Wildman–Crippen LogP) is 8.13. The van der Waals surface area contributed by atoms with Crippen LogP contribution in [-0.4, -0.2) is 28.1 Å². The molecule has 1 N–H and O–H groups in total. The summed E-state index contributed by atoms with van der Waals surface area (Å²) in [6.07, 6.45) is -8.69. The van der Waals surface area contributed by atoms with Gasteiger partial charge in [-0.05, 0) is 42.3 Å². The number of aryl methyl sites for hydroxylation is 1. The van der Waals surface area contributed by atoms with Crippen LogP contribution in [0.5, 0.6) is 0 Å². The number of nitrogens with one attached hydrogen (secondary N) is 1. The normalized spacial score (nSPS) is 19.4. The van der Waals surface area contributed by atoms with Gasteiger partial charge in [-0.25, -0.2) is 4.39 Å². The van der Waals surface area contributed by atoms with Crippen LogP contribution in [0.15, 0.2) is 30.3 Å². The average molecular weight is 581 g/mol. The van der Waals surface area contributed by atoms with Crippen molar-refractivity contribution in [2.24, 2.45) is 5.92 Å². The van der Waals surface area contributed by atoms with Gasteiger partial charge in [0.05, 0.1) is 16.0 Å². The Balaban J connectivity index is 1.78. The number of benzene rings is 2. The molecule has 1 saturated carbocycles. The maximum atomic E-state index is 13.5. The summed E-state index contributed by atoms with van der Waals surface area (Å²) in [4.78, 5) is 25.2. The van der Waals surface area contributed by atoms with Gasteiger partial charge in [0, 0.05) is 30.0 Å². The number of halogens is 10. The Labute approximate surface area is 215 Å². The molecule has 1 amide bonds. The molecule has 2 aromatic carbocycles. The Morgan fingerprint density at radius 3 is 2.26 bits per heavy atom. The molecule has 3 nitrogen and oxygen atoms in total. The highest BCUT2D eigenvalue weighted by Gasteiger charge is 2.67. The summed E-state index contributed by atoms with van der Waals surface area (Å²) in [5, 5.41) is 2.15. The van der Waals surface area contributed by atoms with Crippen molar-refractivity contribution >= 4 is 63.8 Å². The molecule has 0 aromatic heterocycles. The lowest BCUT2D eigenvalue weighted by atomic mass is 10.0. The third-order valence-corrected chi connectivity index (χ3v) is 7.27. The van der Waals surface area contributed by atoms with E-state index in [-0.39, 0.29) is 26.9 Å². The van der Waals surface area contributed by atoms with E-state index in [0.717, 1.165) is 12.1 Å². The number of rotatable bonds is 7. The van der Waals surface area contributed by atoms with Crippen LogP contribution in [-0.2, 0) is 4.79 Å². The first-order valence-corrected chi connectivity index (χ1v) is 11.4. The largest absolute Gasteiger partial charge is 0.453 e. The van der Waals surface area contributed by atoms with E-state index in [1.54, 1.807) is 0 Å². The maximum absolute atomic E-state index is 13.5. The van der Waals surface area contributed by atoms with Crippen LogP contribution in [0.25, 0.3) is 0 Å². The summed E-state index contributed by atoms with van der Waals surface area (Å²) in [5.41, 5.74) is 0.363. The van der Waals surface area contributed by atoms with Gasteiger partial charge in [-0.1, -0.05) is 29.3 Å². The van der Waals surface area contributed by atoms with E-state index >= 15 is 0 Å². The summed E-state index contributed by atoms with van der Waals surface area (Å²) >= 11 is 24.3. The third kappa shape index (κ3) is 5.68. The fourth-order valence-electron chi connectivity index (χ4n) is 3.59. The Bertz CT molecular complexity index is 1190. The molecule has 2 atom stereocenters. The van der Waals surface area contributed by atoms with Crippen molar-refractivity contribution in [3.05, 3.63) is 62.9 Å². The zero-order chi connectivity index (χ0) is 26.5. The lowest BCUT2D eigenvalue weighted by molar-refractivity contribution is -0.283. The summed E-state index contributed by atoms with van der Waals surface area (Å²) in [6, 6.07) is 6.19. The quantitative estimate of drug-likeness (QED) is 0.204. The fraction of sp³-hybridized carbons (Fsp3) is 0.364. The van der Waals surface area contributed by atoms with Gasteiger partial charge in [-0.3, -0.25) is 9.59 Å². The van der Waals surface area contributed by atoms with E-state index in [1.165, 1.54) is 25.1 Å². The monoisotopic (exact) mass is 579 g/mol. The van der Waals surface area contributed by atoms with Crippen LogP contribution < -0.4 is 5.32 Å². The molecule has 0 aliphatic heterocycles. The van der Waals surface area contributed by atoms with Gasteiger partial charge in [0.25, 0.3) is 0 Å². The number of carbonyl (C=O) groups excluding carboxylic acids is 2. The van der Waals surface area contributed by atoms with E-state index < -0.39 is 58.6 Å². The minimum absolute atomic E-state index is 0.0229. The number of carbonyl (C=O) groups is 2. The van der Waals surface area contributed by atoms with E-state index in [9.17, 15) is 35.9 Å². The summed E-state index contributed by atoms with van der Waals surface area (Å²) in [7, 11) is 0. The van der Waals surface area contributed by atoms with Crippen molar-refractivity contribution in [3.63, 3.8) is 0 Å². The number of Topliss-reactive ketones (excluding diaryl/α,β-unsaturated/α-hetero) is 1. The maximum Gasteiger partial charge on any atom is 0.453 e. The molecule has 2 aromatic rings. The molecule has 0 saturated heterocycles. The second kappa shape index (κ2) is 9.65. The zero-order valence-corrected chi connectivity index (χ0v) is 20.6. The topological polar surface area (TPSA) is 46.2 Å². The SMILES string of the molecule is Cc1cc(NC(=O)C2C(c3ccc(F)c(Cl)c3)C2(Cl)Cl)cc(C(=O)CCC(F)(F)C(F)(F)F)c1Cl. The Morgan fingerprint density at radius 1 is 1.06 bits per heavy atom. The van der Waals surface area contributed by atoms with E-state index in [4.69, 9.17) is 46.4 Å². The lowest BCUT2D eigenvalue weighted by Gasteiger charge is -2.19. The molecule has 2 unspecified atom stereocenters. The van der Waals surface area contributed by atoms with Crippen molar-refractivity contribution in [2.45, 2.75) is 42.1 Å². The number of hydrogen-bond donors (Lipinski definition) is 1. The summed E-state index contributed by atoms with van der Waals surface area (Å²) < 4.78 is 75.5. The zero-order valence-electron chi connectivity index (χ0n) is 17.6. The molecule has 1 fully saturated rings. The molecule has 0 bridgehead atoms. The number of amides is 1. The molecular weight excluding hydrogens is 566 g/mol. The van der Waals surface area contributed by atoms with Crippen LogP contribution >= 0.6 is 46.4 Å². The molecule has 190 valence electrons. The van der Waals surface area contributed by atoms with Gasteiger partial charge >= 0.3 is 12.1 Å². The minimum atomic E-state index is -5.80. The molecule has 0 heterocycles. The second-order valence-electron chi connectivity index (χ2n) is 8.07. The number of alkyl halides is 7. The van der Waals surface area contributed by atoms with Crippen molar-refractivity contribution in [1.29, 1.82) is 0 Å². The Morgan fingerprint density at radius 2 is 1.69 bits per heavy atom. The van der Waals surface area contributed by atoms with E-state index in [0.29, 0.717) is 5.56 Å². The number of anilines is 1. The molecule has 0 radical (unpaired) electrons. The lowest BCUT2D eigenvalue weighted by Crippen LogP contribution is -2.36. The van der Waals surface area contributed by atoms with Crippen LogP contribution in [0.4, 0.5) is 32.0 Å². The summed E-state index contributed by atoms with van der Waals surface area (Å²) in [6.45, 7) is 1.45. The number of ketones is 1. The van der Waals surface area contributed by atoms with Gasteiger partial charge < -0.3 is 5.32 Å². The van der Waals surface area contributed by atoms with Gasteiger partial charge in [0.15, 0.2) is 5.78 Å². The Kier molecular flexibility index (Phi) is 7.69. The van der Waals surface area contributed by atoms with Crippen molar-refractivity contribution in [3.8, 4) is 0 Å². The van der Waals surface area contributed by atoms with Crippen molar-refractivity contribution in [1.82, 2.24) is 0 Å². The average Bonchev–Trinajstić information content (AvgIpc) is 3.32. The third-order valence-electron chi connectivity index (χ3n) is 5.54. The first-order valence-electron chi connectivity index (χ1n) is 9.89. The molecule has 3 rings (SSSR count). The molecule has 1 aliphatic carbocycles. The highest BCUT2D eigenvalue weighted by molar-refractivity contribution is 6.53. The molecule has 13 heteroatoms. The first kappa shape index (κ1) is 27.9.